The highest BCUT2D eigenvalue weighted by Crippen LogP contribution is 2.30. The fourth-order valence-corrected chi connectivity index (χ4v) is 1.26. The van der Waals surface area contributed by atoms with E-state index in [1.807, 2.05) is 36.4 Å². The van der Waals surface area contributed by atoms with Crippen LogP contribution in [0.15, 0.2) is 47.1 Å². The van der Waals surface area contributed by atoms with E-state index in [2.05, 4.69) is 0 Å². The second kappa shape index (κ2) is 3.35. The van der Waals surface area contributed by atoms with Crippen molar-refractivity contribution in [3.05, 3.63) is 42.7 Å². The molecule has 0 amide bonds. The molecule has 0 saturated carbocycles. The topological polar surface area (TPSA) is 22.4 Å². The summed E-state index contributed by atoms with van der Waals surface area (Å²) in [6.45, 7) is 0. The number of hydrogen-bond acceptors (Lipinski definition) is 2. The average molecular weight is 174 g/mol. The van der Waals surface area contributed by atoms with Crippen LogP contribution in [0, 0.1) is 0 Å². The Kier molecular flexibility index (Phi) is 2.04. The van der Waals surface area contributed by atoms with Gasteiger partial charge in [-0.25, -0.2) is 0 Å². The van der Waals surface area contributed by atoms with Crippen molar-refractivity contribution in [3.8, 4) is 17.1 Å². The first-order valence-corrected chi connectivity index (χ1v) is 4.08. The predicted octanol–water partition coefficient (Wildman–Crippen LogP) is 2.96. The molecule has 0 aliphatic rings. The molecule has 0 atom stereocenters. The van der Waals surface area contributed by atoms with Crippen molar-refractivity contribution in [1.29, 1.82) is 0 Å². The molecular formula is C11H10O2. The molecule has 0 aliphatic carbocycles. The van der Waals surface area contributed by atoms with Crippen LogP contribution in [0.4, 0.5) is 0 Å². The van der Waals surface area contributed by atoms with Crippen LogP contribution in [0.25, 0.3) is 11.3 Å². The standard InChI is InChI=1S/C11H10O2/c1-12-10-7-8-13-11(10)9-5-3-2-4-6-9/h2-8H,1H3. The number of rotatable bonds is 2. The van der Waals surface area contributed by atoms with Crippen LogP contribution in [0.1, 0.15) is 0 Å². The second-order valence-electron chi connectivity index (χ2n) is 2.68. The van der Waals surface area contributed by atoms with Crippen LogP contribution in [-0.4, -0.2) is 7.11 Å². The highest BCUT2D eigenvalue weighted by atomic mass is 16.5. The van der Waals surface area contributed by atoms with E-state index in [0.29, 0.717) is 0 Å². The Morgan fingerprint density at radius 3 is 2.54 bits per heavy atom. The minimum absolute atomic E-state index is 0.770. The fraction of sp³-hybridized carbons (Fsp3) is 0.0909. The minimum atomic E-state index is 0.770. The lowest BCUT2D eigenvalue weighted by Gasteiger charge is -1.99. The lowest BCUT2D eigenvalue weighted by Crippen LogP contribution is -1.82. The van der Waals surface area contributed by atoms with Gasteiger partial charge in [0, 0.05) is 11.6 Å². The number of methoxy groups -OCH3 is 1. The monoisotopic (exact) mass is 174 g/mol. The smallest absolute Gasteiger partial charge is 0.175 e. The first-order valence-electron chi connectivity index (χ1n) is 4.08. The van der Waals surface area contributed by atoms with Gasteiger partial charge < -0.3 is 9.15 Å². The van der Waals surface area contributed by atoms with E-state index in [4.69, 9.17) is 9.15 Å². The van der Waals surface area contributed by atoms with E-state index in [1.54, 1.807) is 13.4 Å². The first kappa shape index (κ1) is 7.92. The zero-order chi connectivity index (χ0) is 9.10. The Hall–Kier alpha value is -1.70. The molecule has 0 N–H and O–H groups in total. The maximum atomic E-state index is 5.32. The molecule has 0 unspecified atom stereocenters. The first-order chi connectivity index (χ1) is 6.42. The van der Waals surface area contributed by atoms with Gasteiger partial charge in [0.1, 0.15) is 0 Å². The Bertz CT molecular complexity index is 376. The van der Waals surface area contributed by atoms with Crippen molar-refractivity contribution >= 4 is 0 Å². The molecule has 2 aromatic rings. The predicted molar refractivity (Wildman–Crippen MR) is 50.7 cm³/mol. The quantitative estimate of drug-likeness (QED) is 0.698. The van der Waals surface area contributed by atoms with Gasteiger partial charge in [-0.2, -0.15) is 0 Å². The SMILES string of the molecule is COc1ccoc1-c1ccccc1. The van der Waals surface area contributed by atoms with Gasteiger partial charge in [0.25, 0.3) is 0 Å². The van der Waals surface area contributed by atoms with Crippen LogP contribution in [0.5, 0.6) is 5.75 Å². The van der Waals surface area contributed by atoms with Crippen LogP contribution >= 0.6 is 0 Å². The molecule has 0 radical (unpaired) electrons. The van der Waals surface area contributed by atoms with Gasteiger partial charge in [-0.3, -0.25) is 0 Å². The zero-order valence-electron chi connectivity index (χ0n) is 7.36. The molecule has 0 saturated heterocycles. The summed E-state index contributed by atoms with van der Waals surface area (Å²) < 4.78 is 10.5. The number of ether oxygens (including phenoxy) is 1. The van der Waals surface area contributed by atoms with Crippen LogP contribution in [0.2, 0.25) is 0 Å². The Morgan fingerprint density at radius 2 is 1.85 bits per heavy atom. The molecule has 1 aromatic heterocycles. The summed E-state index contributed by atoms with van der Waals surface area (Å²) in [5, 5.41) is 0. The maximum Gasteiger partial charge on any atom is 0.175 e. The zero-order valence-corrected chi connectivity index (χ0v) is 7.36. The van der Waals surface area contributed by atoms with Crippen molar-refractivity contribution in [2.75, 3.05) is 7.11 Å². The molecule has 1 aromatic carbocycles. The van der Waals surface area contributed by atoms with E-state index in [9.17, 15) is 0 Å². The normalized spacial score (nSPS) is 9.92. The molecule has 2 heteroatoms. The molecule has 0 fully saturated rings. The fourth-order valence-electron chi connectivity index (χ4n) is 1.26. The summed E-state index contributed by atoms with van der Waals surface area (Å²) in [7, 11) is 1.64. The van der Waals surface area contributed by atoms with Crippen molar-refractivity contribution in [3.63, 3.8) is 0 Å². The summed E-state index contributed by atoms with van der Waals surface area (Å²) in [5.74, 6) is 1.55. The van der Waals surface area contributed by atoms with Gasteiger partial charge in [0.2, 0.25) is 0 Å². The van der Waals surface area contributed by atoms with Crippen molar-refractivity contribution in [1.82, 2.24) is 0 Å². The summed E-state index contributed by atoms with van der Waals surface area (Å²) in [4.78, 5) is 0. The number of benzene rings is 1. The molecule has 13 heavy (non-hydrogen) atoms. The van der Waals surface area contributed by atoms with Crippen molar-refractivity contribution < 1.29 is 9.15 Å². The lowest BCUT2D eigenvalue weighted by molar-refractivity contribution is 0.410. The summed E-state index contributed by atoms with van der Waals surface area (Å²) in [6, 6.07) is 11.7. The number of furan rings is 1. The van der Waals surface area contributed by atoms with Crippen LogP contribution in [0.3, 0.4) is 0 Å². The van der Waals surface area contributed by atoms with E-state index in [1.165, 1.54) is 0 Å². The van der Waals surface area contributed by atoms with Gasteiger partial charge in [0.05, 0.1) is 13.4 Å². The summed E-state index contributed by atoms with van der Waals surface area (Å²) in [5.41, 5.74) is 1.03. The Morgan fingerprint density at radius 1 is 1.08 bits per heavy atom. The second-order valence-corrected chi connectivity index (χ2v) is 2.68. The third-order valence-corrected chi connectivity index (χ3v) is 1.88. The Labute approximate surface area is 76.8 Å². The average Bonchev–Trinajstić information content (AvgIpc) is 2.67. The van der Waals surface area contributed by atoms with Gasteiger partial charge in [-0.05, 0) is 0 Å². The molecule has 0 spiro atoms. The van der Waals surface area contributed by atoms with Gasteiger partial charge in [-0.1, -0.05) is 30.3 Å². The molecular weight excluding hydrogens is 164 g/mol. The summed E-state index contributed by atoms with van der Waals surface area (Å²) >= 11 is 0. The van der Waals surface area contributed by atoms with E-state index < -0.39 is 0 Å². The van der Waals surface area contributed by atoms with E-state index in [0.717, 1.165) is 17.1 Å². The third-order valence-electron chi connectivity index (χ3n) is 1.88. The maximum absolute atomic E-state index is 5.32. The number of hydrogen-bond donors (Lipinski definition) is 0. The molecule has 2 rings (SSSR count). The molecule has 66 valence electrons. The van der Waals surface area contributed by atoms with Crippen LogP contribution in [-0.2, 0) is 0 Å². The third kappa shape index (κ3) is 1.43. The molecule has 0 bridgehead atoms. The lowest BCUT2D eigenvalue weighted by atomic mass is 10.2. The van der Waals surface area contributed by atoms with E-state index in [-0.39, 0.29) is 0 Å². The molecule has 2 nitrogen and oxygen atoms in total. The van der Waals surface area contributed by atoms with E-state index >= 15 is 0 Å². The Balaban J connectivity index is 2.47. The highest BCUT2D eigenvalue weighted by Gasteiger charge is 2.07. The van der Waals surface area contributed by atoms with Crippen LogP contribution < -0.4 is 4.74 Å². The van der Waals surface area contributed by atoms with Gasteiger partial charge >= 0.3 is 0 Å². The van der Waals surface area contributed by atoms with Gasteiger partial charge in [0.15, 0.2) is 11.5 Å². The molecule has 0 aliphatic heterocycles. The van der Waals surface area contributed by atoms with Crippen molar-refractivity contribution in [2.24, 2.45) is 0 Å². The highest BCUT2D eigenvalue weighted by molar-refractivity contribution is 5.64. The minimum Gasteiger partial charge on any atom is -0.493 e. The van der Waals surface area contributed by atoms with Gasteiger partial charge in [-0.15, -0.1) is 0 Å². The molecule has 1 heterocycles. The van der Waals surface area contributed by atoms with Crippen molar-refractivity contribution in [2.45, 2.75) is 0 Å². The largest absolute Gasteiger partial charge is 0.493 e. The summed E-state index contributed by atoms with van der Waals surface area (Å²) in [6.07, 6.45) is 1.63.